The summed E-state index contributed by atoms with van der Waals surface area (Å²) in [5, 5.41) is 3.69. The van der Waals surface area contributed by atoms with Crippen LogP contribution in [0.25, 0.3) is 5.57 Å². The van der Waals surface area contributed by atoms with Crippen LogP contribution < -0.4 is 19.7 Å². The van der Waals surface area contributed by atoms with Crippen LogP contribution in [-0.4, -0.2) is 25.0 Å². The highest BCUT2D eigenvalue weighted by Gasteiger charge is 2.40. The average molecular weight is 447 g/mol. The minimum Gasteiger partial charge on any atom is -0.486 e. The highest BCUT2D eigenvalue weighted by molar-refractivity contribution is 6.46. The highest BCUT2D eigenvalue weighted by Crippen LogP contribution is 2.37. The second-order valence-electron chi connectivity index (χ2n) is 7.53. The average Bonchev–Trinajstić information content (AvgIpc) is 3.03. The van der Waals surface area contributed by atoms with E-state index in [1.165, 1.54) is 4.90 Å². The van der Waals surface area contributed by atoms with Gasteiger partial charge in [0, 0.05) is 16.8 Å². The molecule has 0 aliphatic carbocycles. The van der Waals surface area contributed by atoms with Gasteiger partial charge < -0.3 is 14.8 Å². The first-order valence-electron chi connectivity index (χ1n) is 10.1. The lowest BCUT2D eigenvalue weighted by Crippen LogP contribution is -2.32. The van der Waals surface area contributed by atoms with Crippen molar-refractivity contribution in [3.63, 3.8) is 0 Å². The third kappa shape index (κ3) is 3.59. The maximum Gasteiger partial charge on any atom is 0.282 e. The third-order valence-corrected chi connectivity index (χ3v) is 5.54. The molecule has 160 valence electrons. The Labute approximate surface area is 190 Å². The molecule has 0 bridgehead atoms. The van der Waals surface area contributed by atoms with Crippen molar-refractivity contribution >= 4 is 40.4 Å². The van der Waals surface area contributed by atoms with Crippen molar-refractivity contribution in [2.45, 2.75) is 6.92 Å². The van der Waals surface area contributed by atoms with Crippen molar-refractivity contribution in [2.75, 3.05) is 23.4 Å². The quantitative estimate of drug-likeness (QED) is 0.582. The Morgan fingerprint density at radius 1 is 0.875 bits per heavy atom. The summed E-state index contributed by atoms with van der Waals surface area (Å²) in [7, 11) is 0. The summed E-state index contributed by atoms with van der Waals surface area (Å²) < 4.78 is 11.2. The van der Waals surface area contributed by atoms with Gasteiger partial charge in [-0.25, -0.2) is 4.90 Å². The number of halogens is 1. The molecule has 3 aromatic carbocycles. The number of nitrogens with zero attached hydrogens (tertiary/aromatic N) is 1. The standard InChI is InChI=1S/C25H19ClN2O4/c1-15-3-2-4-19(13-15)28-24(29)22(16-5-7-17(26)8-6-16)23(25(28)30)27-18-9-10-20-21(14-18)32-12-11-31-20/h2-10,13-14,27H,11-12H2,1H3. The van der Waals surface area contributed by atoms with E-state index in [-0.39, 0.29) is 11.3 Å². The highest BCUT2D eigenvalue weighted by atomic mass is 35.5. The fourth-order valence-corrected chi connectivity index (χ4v) is 3.92. The van der Waals surface area contributed by atoms with Crippen LogP contribution in [0.3, 0.4) is 0 Å². The molecule has 2 aliphatic heterocycles. The molecule has 7 heteroatoms. The summed E-state index contributed by atoms with van der Waals surface area (Å²) in [6, 6.07) is 19.5. The van der Waals surface area contributed by atoms with Gasteiger partial charge in [-0.3, -0.25) is 9.59 Å². The van der Waals surface area contributed by atoms with Gasteiger partial charge in [-0.05, 0) is 54.4 Å². The smallest absolute Gasteiger partial charge is 0.282 e. The van der Waals surface area contributed by atoms with Crippen LogP contribution in [0.15, 0.2) is 72.4 Å². The van der Waals surface area contributed by atoms with Gasteiger partial charge in [0.1, 0.15) is 18.9 Å². The van der Waals surface area contributed by atoms with Gasteiger partial charge in [-0.2, -0.15) is 0 Å². The van der Waals surface area contributed by atoms with E-state index in [0.717, 1.165) is 5.56 Å². The number of hydrogen-bond acceptors (Lipinski definition) is 5. The van der Waals surface area contributed by atoms with Crippen molar-refractivity contribution < 1.29 is 19.1 Å². The predicted octanol–water partition coefficient (Wildman–Crippen LogP) is 4.82. The molecule has 2 aliphatic rings. The zero-order valence-corrected chi connectivity index (χ0v) is 18.0. The molecule has 0 unspecified atom stereocenters. The number of aryl methyl sites for hydroxylation is 1. The summed E-state index contributed by atoms with van der Waals surface area (Å²) in [5.41, 5.74) is 3.15. The van der Waals surface area contributed by atoms with Crippen LogP contribution in [0.5, 0.6) is 11.5 Å². The Bertz CT molecular complexity index is 1270. The largest absolute Gasteiger partial charge is 0.486 e. The Morgan fingerprint density at radius 3 is 2.38 bits per heavy atom. The van der Waals surface area contributed by atoms with Gasteiger partial charge in [-0.15, -0.1) is 0 Å². The number of imide groups is 1. The number of nitrogens with one attached hydrogen (secondary N) is 1. The Morgan fingerprint density at radius 2 is 1.62 bits per heavy atom. The molecule has 3 aromatic rings. The molecule has 0 atom stereocenters. The number of ether oxygens (including phenoxy) is 2. The lowest BCUT2D eigenvalue weighted by atomic mass is 10.0. The number of hydrogen-bond donors (Lipinski definition) is 1. The summed E-state index contributed by atoms with van der Waals surface area (Å²) in [4.78, 5) is 28.1. The normalized spacial score (nSPS) is 15.4. The van der Waals surface area contributed by atoms with E-state index in [4.69, 9.17) is 21.1 Å². The van der Waals surface area contributed by atoms with Crippen LogP contribution in [0.1, 0.15) is 11.1 Å². The minimum atomic E-state index is -0.430. The van der Waals surface area contributed by atoms with Gasteiger partial charge in [0.2, 0.25) is 0 Å². The van der Waals surface area contributed by atoms with Crippen molar-refractivity contribution in [3.05, 3.63) is 88.6 Å². The molecule has 6 nitrogen and oxygen atoms in total. The molecule has 0 aromatic heterocycles. The minimum absolute atomic E-state index is 0.190. The van der Waals surface area contributed by atoms with E-state index in [1.54, 1.807) is 48.5 Å². The molecule has 0 fully saturated rings. The predicted molar refractivity (Wildman–Crippen MR) is 123 cm³/mol. The fourth-order valence-electron chi connectivity index (χ4n) is 3.80. The third-order valence-electron chi connectivity index (χ3n) is 5.29. The molecule has 0 radical (unpaired) electrons. The Balaban J connectivity index is 1.59. The zero-order valence-electron chi connectivity index (χ0n) is 17.2. The van der Waals surface area contributed by atoms with Crippen LogP contribution in [0, 0.1) is 6.92 Å². The van der Waals surface area contributed by atoms with Crippen LogP contribution in [0.4, 0.5) is 11.4 Å². The summed E-state index contributed by atoms with van der Waals surface area (Å²) in [6.45, 7) is 2.86. The molecule has 2 amide bonds. The van der Waals surface area contributed by atoms with Crippen molar-refractivity contribution in [2.24, 2.45) is 0 Å². The van der Waals surface area contributed by atoms with Crippen molar-refractivity contribution in [1.29, 1.82) is 0 Å². The topological polar surface area (TPSA) is 67.9 Å². The number of fused-ring (bicyclic) bond motifs is 1. The van der Waals surface area contributed by atoms with E-state index in [9.17, 15) is 9.59 Å². The van der Waals surface area contributed by atoms with E-state index < -0.39 is 11.8 Å². The summed E-state index contributed by atoms with van der Waals surface area (Å²) >= 11 is 6.04. The first-order chi connectivity index (χ1) is 15.5. The molecule has 32 heavy (non-hydrogen) atoms. The Kier molecular flexibility index (Phi) is 5.07. The van der Waals surface area contributed by atoms with Gasteiger partial charge in [0.15, 0.2) is 11.5 Å². The molecule has 1 N–H and O–H groups in total. The fraction of sp³-hybridized carbons (Fsp3) is 0.120. The number of amides is 2. The summed E-state index contributed by atoms with van der Waals surface area (Å²) in [5.74, 6) is 0.398. The number of benzene rings is 3. The lowest BCUT2D eigenvalue weighted by molar-refractivity contribution is -0.120. The van der Waals surface area contributed by atoms with Gasteiger partial charge in [0.25, 0.3) is 11.8 Å². The maximum atomic E-state index is 13.5. The van der Waals surface area contributed by atoms with Gasteiger partial charge >= 0.3 is 0 Å². The zero-order chi connectivity index (χ0) is 22.2. The van der Waals surface area contributed by atoms with Crippen LogP contribution in [-0.2, 0) is 9.59 Å². The molecule has 5 rings (SSSR count). The Hall–Kier alpha value is -3.77. The number of rotatable bonds is 4. The molecule has 0 saturated heterocycles. The number of anilines is 2. The SMILES string of the molecule is Cc1cccc(N2C(=O)C(Nc3ccc4c(c3)OCCO4)=C(c3ccc(Cl)cc3)C2=O)c1. The molecule has 2 heterocycles. The molecule has 0 saturated carbocycles. The summed E-state index contributed by atoms with van der Waals surface area (Å²) in [6.07, 6.45) is 0. The second kappa shape index (κ2) is 8.05. The molecular formula is C25H19ClN2O4. The molecule has 0 spiro atoms. The van der Waals surface area contributed by atoms with E-state index in [0.29, 0.717) is 46.7 Å². The second-order valence-corrected chi connectivity index (χ2v) is 7.96. The monoisotopic (exact) mass is 446 g/mol. The number of carbonyl (C=O) groups is 2. The van der Waals surface area contributed by atoms with Gasteiger partial charge in [0.05, 0.1) is 11.3 Å². The number of carbonyl (C=O) groups excluding carboxylic acids is 2. The van der Waals surface area contributed by atoms with E-state index in [1.807, 2.05) is 25.1 Å². The first kappa shape index (κ1) is 20.2. The first-order valence-corrected chi connectivity index (χ1v) is 10.5. The van der Waals surface area contributed by atoms with Crippen LogP contribution >= 0.6 is 11.6 Å². The molecular weight excluding hydrogens is 428 g/mol. The van der Waals surface area contributed by atoms with Crippen molar-refractivity contribution in [3.8, 4) is 11.5 Å². The van der Waals surface area contributed by atoms with Gasteiger partial charge in [-0.1, -0.05) is 35.9 Å². The maximum absolute atomic E-state index is 13.5. The van der Waals surface area contributed by atoms with Crippen molar-refractivity contribution in [1.82, 2.24) is 0 Å². The van der Waals surface area contributed by atoms with Crippen LogP contribution in [0.2, 0.25) is 5.02 Å². The van der Waals surface area contributed by atoms with E-state index >= 15 is 0 Å². The van der Waals surface area contributed by atoms with E-state index in [2.05, 4.69) is 5.32 Å². The lowest BCUT2D eigenvalue weighted by Gasteiger charge is -2.19.